The first-order valence-electron chi connectivity index (χ1n) is 10.8. The zero-order valence-electron chi connectivity index (χ0n) is 17.6. The van der Waals surface area contributed by atoms with E-state index in [1.807, 2.05) is 0 Å². The quantitative estimate of drug-likeness (QED) is 0.667. The third kappa shape index (κ3) is 4.66. The molecule has 2 N–H and O–H groups in total. The molecular weight excluding hydrogens is 392 g/mol. The van der Waals surface area contributed by atoms with E-state index >= 15 is 0 Å². The first-order valence-corrected chi connectivity index (χ1v) is 10.8. The maximum Gasteiger partial charge on any atom is 0.261 e. The summed E-state index contributed by atoms with van der Waals surface area (Å²) < 4.78 is 1.79. The predicted molar refractivity (Wildman–Crippen MR) is 121 cm³/mol. The molecule has 0 radical (unpaired) electrons. The highest BCUT2D eigenvalue weighted by molar-refractivity contribution is 6.06. The van der Waals surface area contributed by atoms with Crippen LogP contribution >= 0.6 is 0 Å². The molecule has 2 aromatic carbocycles. The lowest BCUT2D eigenvalue weighted by molar-refractivity contribution is -0.115. The van der Waals surface area contributed by atoms with Crippen molar-refractivity contribution in [3.63, 3.8) is 0 Å². The van der Waals surface area contributed by atoms with Crippen LogP contribution in [0.4, 0.5) is 11.4 Å². The normalized spacial score (nSPS) is 13.7. The minimum Gasteiger partial charge on any atom is -0.326 e. The van der Waals surface area contributed by atoms with Crippen LogP contribution in [0.25, 0.3) is 10.9 Å². The summed E-state index contributed by atoms with van der Waals surface area (Å²) >= 11 is 0. The predicted octanol–water partition coefficient (Wildman–Crippen LogP) is 4.11. The number of hydrogen-bond donors (Lipinski definition) is 2. The minimum atomic E-state index is -0.297. The van der Waals surface area contributed by atoms with E-state index in [0.29, 0.717) is 40.8 Å². The smallest absolute Gasteiger partial charge is 0.261 e. The molecule has 2 amide bonds. The Labute approximate surface area is 180 Å². The Hall–Kier alpha value is -3.48. The van der Waals surface area contributed by atoms with E-state index in [2.05, 4.69) is 10.6 Å². The van der Waals surface area contributed by atoms with E-state index in [1.165, 1.54) is 0 Å². The number of carbonyl (C=O) groups is 2. The van der Waals surface area contributed by atoms with Crippen molar-refractivity contribution in [2.75, 3.05) is 10.6 Å². The van der Waals surface area contributed by atoms with Gasteiger partial charge in [0, 0.05) is 36.3 Å². The molecule has 2 heterocycles. The molecule has 31 heavy (non-hydrogen) atoms. The number of carbonyl (C=O) groups excluding carboxylic acids is 2. The SMILES string of the molecule is CCC(=O)Nc1cccc(NC(=O)c2ccc3c(=O)n4c(nc3c2)CCCCCC4)c1. The molecule has 0 aliphatic carbocycles. The van der Waals surface area contributed by atoms with Crippen LogP contribution < -0.4 is 16.2 Å². The van der Waals surface area contributed by atoms with Gasteiger partial charge in [-0.05, 0) is 49.2 Å². The van der Waals surface area contributed by atoms with E-state index in [-0.39, 0.29) is 17.4 Å². The summed E-state index contributed by atoms with van der Waals surface area (Å²) in [4.78, 5) is 42.1. The van der Waals surface area contributed by atoms with E-state index in [1.54, 1.807) is 54.0 Å². The largest absolute Gasteiger partial charge is 0.326 e. The molecule has 0 saturated carbocycles. The van der Waals surface area contributed by atoms with Crippen molar-refractivity contribution in [3.8, 4) is 0 Å². The Kier molecular flexibility index (Phi) is 6.11. The summed E-state index contributed by atoms with van der Waals surface area (Å²) in [6, 6.07) is 12.0. The van der Waals surface area contributed by atoms with Crippen molar-refractivity contribution >= 4 is 34.1 Å². The standard InChI is InChI=1S/C24H26N4O3/c1-2-22(29)25-17-8-7-9-18(15-17)26-23(30)16-11-12-19-20(14-16)27-21-10-5-3-4-6-13-28(21)24(19)31/h7-9,11-12,14-15H,2-6,10,13H2,1H3,(H,25,29)(H,26,30). The van der Waals surface area contributed by atoms with Crippen molar-refractivity contribution in [3.05, 3.63) is 64.2 Å². The third-order valence-electron chi connectivity index (χ3n) is 5.55. The second-order valence-corrected chi connectivity index (χ2v) is 7.82. The lowest BCUT2D eigenvalue weighted by Crippen LogP contribution is -2.26. The van der Waals surface area contributed by atoms with Gasteiger partial charge < -0.3 is 10.6 Å². The van der Waals surface area contributed by atoms with Crippen molar-refractivity contribution in [2.45, 2.75) is 52.0 Å². The van der Waals surface area contributed by atoms with Crippen LogP contribution in [0.2, 0.25) is 0 Å². The van der Waals surface area contributed by atoms with Crippen LogP contribution in [0.3, 0.4) is 0 Å². The monoisotopic (exact) mass is 418 g/mol. The molecule has 1 aliphatic rings. The molecule has 0 atom stereocenters. The number of aromatic nitrogens is 2. The number of nitrogens with one attached hydrogen (secondary N) is 2. The summed E-state index contributed by atoms with van der Waals surface area (Å²) in [5, 5.41) is 6.16. The van der Waals surface area contributed by atoms with Crippen LogP contribution in [-0.2, 0) is 17.8 Å². The number of rotatable bonds is 4. The first-order chi connectivity index (χ1) is 15.0. The Balaban J connectivity index is 1.60. The van der Waals surface area contributed by atoms with E-state index in [9.17, 15) is 14.4 Å². The Morgan fingerprint density at radius 1 is 1.00 bits per heavy atom. The number of benzene rings is 2. The molecule has 0 bridgehead atoms. The van der Waals surface area contributed by atoms with Gasteiger partial charge in [-0.3, -0.25) is 19.0 Å². The van der Waals surface area contributed by atoms with Gasteiger partial charge in [0.05, 0.1) is 10.9 Å². The molecule has 4 rings (SSSR count). The van der Waals surface area contributed by atoms with Crippen molar-refractivity contribution in [1.82, 2.24) is 9.55 Å². The number of hydrogen-bond acceptors (Lipinski definition) is 4. The maximum atomic E-state index is 12.9. The Morgan fingerprint density at radius 3 is 2.58 bits per heavy atom. The van der Waals surface area contributed by atoms with Gasteiger partial charge in [0.25, 0.3) is 11.5 Å². The van der Waals surface area contributed by atoms with Crippen LogP contribution in [0.1, 0.15) is 55.2 Å². The van der Waals surface area contributed by atoms with Gasteiger partial charge in [-0.25, -0.2) is 4.98 Å². The number of fused-ring (bicyclic) bond motifs is 2. The fourth-order valence-electron chi connectivity index (χ4n) is 3.86. The second kappa shape index (κ2) is 9.12. The summed E-state index contributed by atoms with van der Waals surface area (Å²) in [5.74, 6) is 0.411. The van der Waals surface area contributed by atoms with Gasteiger partial charge in [-0.1, -0.05) is 25.8 Å². The second-order valence-electron chi connectivity index (χ2n) is 7.82. The molecular formula is C24H26N4O3. The van der Waals surface area contributed by atoms with Crippen LogP contribution in [0.5, 0.6) is 0 Å². The highest BCUT2D eigenvalue weighted by Gasteiger charge is 2.15. The molecule has 3 aromatic rings. The Bertz CT molecular complexity index is 1200. The van der Waals surface area contributed by atoms with E-state index in [0.717, 1.165) is 37.9 Å². The fraction of sp³-hybridized carbons (Fsp3) is 0.333. The lowest BCUT2D eigenvalue weighted by atomic mass is 10.1. The highest BCUT2D eigenvalue weighted by atomic mass is 16.2. The van der Waals surface area contributed by atoms with Gasteiger partial charge in [0.2, 0.25) is 5.91 Å². The zero-order valence-corrected chi connectivity index (χ0v) is 17.6. The lowest BCUT2D eigenvalue weighted by Gasteiger charge is -2.16. The van der Waals surface area contributed by atoms with Gasteiger partial charge in [0.1, 0.15) is 5.82 Å². The molecule has 0 spiro atoms. The van der Waals surface area contributed by atoms with Gasteiger partial charge in [-0.2, -0.15) is 0 Å². The summed E-state index contributed by atoms with van der Waals surface area (Å²) in [6.07, 6.45) is 5.43. The third-order valence-corrected chi connectivity index (χ3v) is 5.55. The minimum absolute atomic E-state index is 0.0341. The summed E-state index contributed by atoms with van der Waals surface area (Å²) in [6.45, 7) is 2.48. The molecule has 0 unspecified atom stereocenters. The van der Waals surface area contributed by atoms with Crippen LogP contribution in [0.15, 0.2) is 47.3 Å². The van der Waals surface area contributed by atoms with Crippen molar-refractivity contribution in [2.24, 2.45) is 0 Å². The zero-order chi connectivity index (χ0) is 21.8. The summed E-state index contributed by atoms with van der Waals surface area (Å²) in [7, 11) is 0. The molecule has 0 fully saturated rings. The summed E-state index contributed by atoms with van der Waals surface area (Å²) in [5.41, 5.74) is 2.14. The molecule has 1 aliphatic heterocycles. The first kappa shape index (κ1) is 20.8. The molecule has 160 valence electrons. The number of nitrogens with zero attached hydrogens (tertiary/aromatic N) is 2. The maximum absolute atomic E-state index is 12.9. The Morgan fingerprint density at radius 2 is 1.77 bits per heavy atom. The number of aryl methyl sites for hydroxylation is 1. The fourth-order valence-corrected chi connectivity index (χ4v) is 3.86. The van der Waals surface area contributed by atoms with Gasteiger partial charge in [-0.15, -0.1) is 0 Å². The molecule has 0 saturated heterocycles. The number of amides is 2. The topological polar surface area (TPSA) is 93.1 Å². The van der Waals surface area contributed by atoms with Crippen LogP contribution in [0, 0.1) is 0 Å². The van der Waals surface area contributed by atoms with E-state index < -0.39 is 0 Å². The van der Waals surface area contributed by atoms with Gasteiger partial charge >= 0.3 is 0 Å². The molecule has 7 heteroatoms. The van der Waals surface area contributed by atoms with Crippen molar-refractivity contribution in [1.29, 1.82) is 0 Å². The van der Waals surface area contributed by atoms with Crippen LogP contribution in [-0.4, -0.2) is 21.4 Å². The highest BCUT2D eigenvalue weighted by Crippen LogP contribution is 2.19. The average molecular weight is 418 g/mol. The molecule has 7 nitrogen and oxygen atoms in total. The van der Waals surface area contributed by atoms with Gasteiger partial charge in [0.15, 0.2) is 0 Å². The number of anilines is 2. The van der Waals surface area contributed by atoms with Crippen molar-refractivity contribution < 1.29 is 9.59 Å². The average Bonchev–Trinajstić information content (AvgIpc) is 2.75. The van der Waals surface area contributed by atoms with E-state index in [4.69, 9.17) is 4.98 Å². The molecule has 1 aromatic heterocycles.